The van der Waals surface area contributed by atoms with Crippen molar-refractivity contribution in [3.8, 4) is 0 Å². The summed E-state index contributed by atoms with van der Waals surface area (Å²) in [5.74, 6) is 0. The van der Waals surface area contributed by atoms with E-state index in [-0.39, 0.29) is 5.69 Å². The third-order valence-corrected chi connectivity index (χ3v) is 2.86. The van der Waals surface area contributed by atoms with Crippen LogP contribution in [0.4, 0.5) is 5.69 Å². The lowest BCUT2D eigenvalue weighted by Gasteiger charge is -2.06. The third-order valence-electron chi connectivity index (χ3n) is 1.72. The predicted molar refractivity (Wildman–Crippen MR) is 57.5 cm³/mol. The second-order valence-electron chi connectivity index (χ2n) is 2.92. The highest BCUT2D eigenvalue weighted by Crippen LogP contribution is 2.24. The molecule has 1 unspecified atom stereocenters. The van der Waals surface area contributed by atoms with Gasteiger partial charge in [-0.2, -0.15) is 0 Å². The van der Waals surface area contributed by atoms with Crippen molar-refractivity contribution < 1.29 is 4.92 Å². The molecule has 0 aliphatic heterocycles. The standard InChI is InChI=1S/C9H12N2O2S/c1-7(6-10)14-9-4-2-8(3-5-9)11(12)13/h2-5,7H,6,10H2,1H3. The van der Waals surface area contributed by atoms with Crippen molar-refractivity contribution in [1.82, 2.24) is 0 Å². The second kappa shape index (κ2) is 4.97. The lowest BCUT2D eigenvalue weighted by atomic mass is 10.3. The molecule has 1 atom stereocenters. The average molecular weight is 212 g/mol. The maximum Gasteiger partial charge on any atom is 0.269 e. The number of nitro groups is 1. The third kappa shape index (κ3) is 3.01. The summed E-state index contributed by atoms with van der Waals surface area (Å²) in [6.07, 6.45) is 0. The van der Waals surface area contributed by atoms with E-state index in [1.807, 2.05) is 6.92 Å². The second-order valence-corrected chi connectivity index (χ2v) is 4.43. The van der Waals surface area contributed by atoms with Crippen molar-refractivity contribution >= 4 is 17.4 Å². The van der Waals surface area contributed by atoms with Gasteiger partial charge in [-0.3, -0.25) is 10.1 Å². The van der Waals surface area contributed by atoms with Crippen LogP contribution in [-0.4, -0.2) is 16.7 Å². The van der Waals surface area contributed by atoms with Crippen LogP contribution in [0.15, 0.2) is 29.2 Å². The van der Waals surface area contributed by atoms with Crippen LogP contribution in [0.5, 0.6) is 0 Å². The molecule has 0 aromatic heterocycles. The summed E-state index contributed by atoms with van der Waals surface area (Å²) in [7, 11) is 0. The SMILES string of the molecule is CC(CN)Sc1ccc([N+](=O)[O-])cc1. The Labute approximate surface area is 86.6 Å². The first-order valence-corrected chi connectivity index (χ1v) is 5.12. The van der Waals surface area contributed by atoms with Gasteiger partial charge in [-0.15, -0.1) is 11.8 Å². The van der Waals surface area contributed by atoms with Crippen molar-refractivity contribution in [3.05, 3.63) is 34.4 Å². The zero-order valence-corrected chi connectivity index (χ0v) is 8.66. The molecule has 0 fully saturated rings. The van der Waals surface area contributed by atoms with E-state index in [1.165, 1.54) is 12.1 Å². The number of non-ortho nitro benzene ring substituents is 1. The van der Waals surface area contributed by atoms with Crippen LogP contribution >= 0.6 is 11.8 Å². The number of benzene rings is 1. The highest BCUT2D eigenvalue weighted by atomic mass is 32.2. The summed E-state index contributed by atoms with van der Waals surface area (Å²) < 4.78 is 0. The molecule has 0 radical (unpaired) electrons. The molecule has 0 amide bonds. The summed E-state index contributed by atoms with van der Waals surface area (Å²) in [5, 5.41) is 10.7. The molecule has 0 aliphatic carbocycles. The number of rotatable bonds is 4. The molecule has 76 valence electrons. The minimum atomic E-state index is -0.402. The fraction of sp³-hybridized carbons (Fsp3) is 0.333. The molecule has 4 nitrogen and oxygen atoms in total. The summed E-state index contributed by atoms with van der Waals surface area (Å²) in [6, 6.07) is 6.50. The van der Waals surface area contributed by atoms with Crippen LogP contribution in [0.3, 0.4) is 0 Å². The minimum absolute atomic E-state index is 0.120. The number of nitro benzene ring substituents is 1. The van der Waals surface area contributed by atoms with Crippen LogP contribution in [0.1, 0.15) is 6.92 Å². The van der Waals surface area contributed by atoms with Gasteiger partial charge in [-0.05, 0) is 12.1 Å². The molecule has 0 aliphatic rings. The highest BCUT2D eigenvalue weighted by molar-refractivity contribution is 8.00. The Bertz CT molecular complexity index is 313. The summed E-state index contributed by atoms with van der Waals surface area (Å²) in [5.41, 5.74) is 5.59. The van der Waals surface area contributed by atoms with E-state index in [2.05, 4.69) is 0 Å². The zero-order valence-electron chi connectivity index (χ0n) is 7.84. The highest BCUT2D eigenvalue weighted by Gasteiger charge is 2.06. The van der Waals surface area contributed by atoms with Crippen LogP contribution in [0, 0.1) is 10.1 Å². The van der Waals surface area contributed by atoms with E-state index >= 15 is 0 Å². The van der Waals surface area contributed by atoms with E-state index < -0.39 is 4.92 Å². The molecule has 0 saturated heterocycles. The molecule has 0 heterocycles. The largest absolute Gasteiger partial charge is 0.329 e. The van der Waals surface area contributed by atoms with E-state index in [0.29, 0.717) is 11.8 Å². The van der Waals surface area contributed by atoms with Crippen LogP contribution < -0.4 is 5.73 Å². The average Bonchev–Trinajstić information content (AvgIpc) is 2.18. The maximum atomic E-state index is 10.4. The fourth-order valence-corrected chi connectivity index (χ4v) is 1.78. The van der Waals surface area contributed by atoms with Crippen LogP contribution in [0.2, 0.25) is 0 Å². The molecule has 1 aromatic rings. The topological polar surface area (TPSA) is 69.2 Å². The van der Waals surface area contributed by atoms with Gasteiger partial charge < -0.3 is 5.73 Å². The smallest absolute Gasteiger partial charge is 0.269 e. The molecule has 14 heavy (non-hydrogen) atoms. The van der Waals surface area contributed by atoms with Gasteiger partial charge in [-0.25, -0.2) is 0 Å². The molecule has 0 spiro atoms. The molecule has 1 aromatic carbocycles. The van der Waals surface area contributed by atoms with Gasteiger partial charge in [0.1, 0.15) is 0 Å². The normalized spacial score (nSPS) is 12.4. The first-order valence-electron chi connectivity index (χ1n) is 4.24. The maximum absolute atomic E-state index is 10.4. The fourth-order valence-electron chi connectivity index (χ4n) is 0.927. The van der Waals surface area contributed by atoms with Gasteiger partial charge in [0.15, 0.2) is 0 Å². The van der Waals surface area contributed by atoms with Crippen molar-refractivity contribution in [1.29, 1.82) is 0 Å². The summed E-state index contributed by atoms with van der Waals surface area (Å²) >= 11 is 1.62. The van der Waals surface area contributed by atoms with Gasteiger partial charge >= 0.3 is 0 Å². The molecule has 0 saturated carbocycles. The number of hydrogen-bond donors (Lipinski definition) is 1. The lowest BCUT2D eigenvalue weighted by Crippen LogP contribution is -2.12. The van der Waals surface area contributed by atoms with Crippen molar-refractivity contribution in [2.75, 3.05) is 6.54 Å². The first kappa shape index (κ1) is 11.0. The van der Waals surface area contributed by atoms with E-state index in [4.69, 9.17) is 5.73 Å². The first-order chi connectivity index (χ1) is 6.63. The molecular formula is C9H12N2O2S. The zero-order chi connectivity index (χ0) is 10.6. The Hall–Kier alpha value is -1.07. The molecule has 5 heteroatoms. The minimum Gasteiger partial charge on any atom is -0.329 e. The van der Waals surface area contributed by atoms with E-state index in [1.54, 1.807) is 23.9 Å². The molecule has 0 bridgehead atoms. The van der Waals surface area contributed by atoms with Gasteiger partial charge in [0, 0.05) is 28.8 Å². The molecule has 1 rings (SSSR count). The summed E-state index contributed by atoms with van der Waals surface area (Å²) in [6.45, 7) is 2.62. The van der Waals surface area contributed by atoms with Gasteiger partial charge in [0.2, 0.25) is 0 Å². The van der Waals surface area contributed by atoms with Gasteiger partial charge in [-0.1, -0.05) is 6.92 Å². The van der Waals surface area contributed by atoms with Crippen LogP contribution in [0.25, 0.3) is 0 Å². The van der Waals surface area contributed by atoms with Crippen molar-refractivity contribution in [2.45, 2.75) is 17.1 Å². The van der Waals surface area contributed by atoms with E-state index in [0.717, 1.165) is 4.90 Å². The molecule has 2 N–H and O–H groups in total. The number of hydrogen-bond acceptors (Lipinski definition) is 4. The quantitative estimate of drug-likeness (QED) is 0.471. The Morgan fingerprint density at radius 1 is 1.50 bits per heavy atom. The predicted octanol–water partition coefficient (Wildman–Crippen LogP) is 2.03. The number of thioether (sulfide) groups is 1. The Morgan fingerprint density at radius 3 is 2.50 bits per heavy atom. The van der Waals surface area contributed by atoms with Gasteiger partial charge in [0.05, 0.1) is 4.92 Å². The Balaban J connectivity index is 2.68. The van der Waals surface area contributed by atoms with Crippen LogP contribution in [-0.2, 0) is 0 Å². The lowest BCUT2D eigenvalue weighted by molar-refractivity contribution is -0.384. The van der Waals surface area contributed by atoms with Gasteiger partial charge in [0.25, 0.3) is 5.69 Å². The Kier molecular flexibility index (Phi) is 3.91. The Morgan fingerprint density at radius 2 is 2.07 bits per heavy atom. The van der Waals surface area contributed by atoms with E-state index in [9.17, 15) is 10.1 Å². The molecular weight excluding hydrogens is 200 g/mol. The number of nitrogens with two attached hydrogens (primary N) is 1. The monoisotopic (exact) mass is 212 g/mol. The van der Waals surface area contributed by atoms with Crippen molar-refractivity contribution in [2.24, 2.45) is 5.73 Å². The summed E-state index contributed by atoms with van der Waals surface area (Å²) in [4.78, 5) is 11.0. The van der Waals surface area contributed by atoms with Crippen molar-refractivity contribution in [3.63, 3.8) is 0 Å². The number of nitrogens with zero attached hydrogens (tertiary/aromatic N) is 1.